The number of aromatic nitrogens is 1. The fraction of sp³-hybridized carbons (Fsp3) is 0.500. The Labute approximate surface area is 83.1 Å². The first-order chi connectivity index (χ1) is 6.20. The molecule has 1 aromatic rings. The number of aryl methyl sites for hydroxylation is 1. The lowest BCUT2D eigenvalue weighted by Gasteiger charge is -2.00. The van der Waals surface area contributed by atoms with Crippen LogP contribution in [-0.4, -0.2) is 16.5 Å². The van der Waals surface area contributed by atoms with Crippen molar-refractivity contribution in [1.82, 2.24) is 4.98 Å². The van der Waals surface area contributed by atoms with Crippen LogP contribution in [0.4, 0.5) is 0 Å². The maximum Gasteiger partial charge on any atom is 0.165 e. The fourth-order valence-corrected chi connectivity index (χ4v) is 2.13. The summed E-state index contributed by atoms with van der Waals surface area (Å²) in [7, 11) is 0. The number of H-pyrrole nitrogens is 1. The van der Waals surface area contributed by atoms with E-state index in [0.29, 0.717) is 6.42 Å². The van der Waals surface area contributed by atoms with Crippen LogP contribution in [0.2, 0.25) is 0 Å². The molecule has 0 aliphatic heterocycles. The van der Waals surface area contributed by atoms with E-state index >= 15 is 0 Å². The van der Waals surface area contributed by atoms with Crippen LogP contribution in [0.1, 0.15) is 36.2 Å². The van der Waals surface area contributed by atoms with Gasteiger partial charge in [0.05, 0.1) is 10.6 Å². The van der Waals surface area contributed by atoms with Gasteiger partial charge in [0.2, 0.25) is 0 Å². The number of thioether (sulfide) groups is 1. The third-order valence-corrected chi connectivity index (χ3v) is 2.83. The molecule has 0 unspecified atom stereocenters. The summed E-state index contributed by atoms with van der Waals surface area (Å²) in [6.45, 7) is 5.95. The topological polar surface area (TPSA) is 32.9 Å². The highest BCUT2D eigenvalue weighted by atomic mass is 32.2. The lowest BCUT2D eigenvalue weighted by atomic mass is 10.1. The van der Waals surface area contributed by atoms with E-state index in [4.69, 9.17) is 0 Å². The quantitative estimate of drug-likeness (QED) is 0.594. The lowest BCUT2D eigenvalue weighted by molar-refractivity contribution is 0.0985. The van der Waals surface area contributed by atoms with Crippen LogP contribution in [0.3, 0.4) is 0 Å². The SMILES string of the molecule is CCSc1[nH]cc(C)c1C(=O)CC. The lowest BCUT2D eigenvalue weighted by Crippen LogP contribution is -1.98. The zero-order chi connectivity index (χ0) is 9.84. The highest BCUT2D eigenvalue weighted by molar-refractivity contribution is 7.99. The number of nitrogens with one attached hydrogen (secondary N) is 1. The molecule has 0 saturated heterocycles. The molecule has 1 N–H and O–H groups in total. The van der Waals surface area contributed by atoms with Gasteiger partial charge in [-0.1, -0.05) is 13.8 Å². The first kappa shape index (κ1) is 10.4. The van der Waals surface area contributed by atoms with Crippen LogP contribution in [0.15, 0.2) is 11.2 Å². The molecule has 72 valence electrons. The van der Waals surface area contributed by atoms with Gasteiger partial charge < -0.3 is 4.98 Å². The predicted molar refractivity (Wildman–Crippen MR) is 56.5 cm³/mol. The van der Waals surface area contributed by atoms with E-state index in [9.17, 15) is 4.79 Å². The van der Waals surface area contributed by atoms with E-state index in [1.807, 2.05) is 20.0 Å². The highest BCUT2D eigenvalue weighted by Gasteiger charge is 2.13. The Morgan fingerprint density at radius 3 is 2.77 bits per heavy atom. The maximum absolute atomic E-state index is 11.6. The van der Waals surface area contributed by atoms with Crippen molar-refractivity contribution in [2.24, 2.45) is 0 Å². The summed E-state index contributed by atoms with van der Waals surface area (Å²) in [5.41, 5.74) is 1.94. The summed E-state index contributed by atoms with van der Waals surface area (Å²) in [4.78, 5) is 14.7. The van der Waals surface area contributed by atoms with Crippen LogP contribution >= 0.6 is 11.8 Å². The van der Waals surface area contributed by atoms with Gasteiger partial charge in [0, 0.05) is 12.6 Å². The molecule has 1 rings (SSSR count). The predicted octanol–water partition coefficient (Wildman–Crippen LogP) is 3.03. The maximum atomic E-state index is 11.6. The zero-order valence-electron chi connectivity index (χ0n) is 8.31. The molecule has 3 heteroatoms. The van der Waals surface area contributed by atoms with Crippen molar-refractivity contribution in [3.05, 3.63) is 17.3 Å². The molecule has 1 aromatic heterocycles. The van der Waals surface area contributed by atoms with E-state index in [0.717, 1.165) is 21.9 Å². The van der Waals surface area contributed by atoms with Crippen molar-refractivity contribution >= 4 is 17.5 Å². The molecule has 0 aliphatic carbocycles. The second-order valence-corrected chi connectivity index (χ2v) is 4.16. The minimum absolute atomic E-state index is 0.231. The van der Waals surface area contributed by atoms with Gasteiger partial charge in [0.25, 0.3) is 0 Å². The van der Waals surface area contributed by atoms with Gasteiger partial charge in [-0.2, -0.15) is 0 Å². The zero-order valence-corrected chi connectivity index (χ0v) is 9.12. The molecule has 2 nitrogen and oxygen atoms in total. The Hall–Kier alpha value is -0.700. The van der Waals surface area contributed by atoms with Crippen LogP contribution in [0.5, 0.6) is 0 Å². The molecule has 0 amide bonds. The highest BCUT2D eigenvalue weighted by Crippen LogP contribution is 2.24. The summed E-state index contributed by atoms with van der Waals surface area (Å²) in [6.07, 6.45) is 2.48. The molecular weight excluding hydrogens is 182 g/mol. The number of ketones is 1. The Bertz CT molecular complexity index is 304. The van der Waals surface area contributed by atoms with Crippen molar-refractivity contribution < 1.29 is 4.79 Å². The molecule has 0 atom stereocenters. The molecule has 0 aliphatic rings. The number of rotatable bonds is 4. The Balaban J connectivity index is 3.01. The van der Waals surface area contributed by atoms with Gasteiger partial charge in [-0.3, -0.25) is 4.79 Å². The number of carbonyl (C=O) groups excluding carboxylic acids is 1. The summed E-state index contributed by atoms with van der Waals surface area (Å²) in [6, 6.07) is 0. The standard InChI is InChI=1S/C10H15NOS/c1-4-8(12)9-7(3)6-11-10(9)13-5-2/h6,11H,4-5H2,1-3H3. The van der Waals surface area contributed by atoms with Crippen LogP contribution in [-0.2, 0) is 0 Å². The number of hydrogen-bond acceptors (Lipinski definition) is 2. The molecule has 0 saturated carbocycles. The monoisotopic (exact) mass is 197 g/mol. The molecule has 13 heavy (non-hydrogen) atoms. The fourth-order valence-electron chi connectivity index (χ4n) is 1.28. The number of carbonyl (C=O) groups is 1. The number of Topliss-reactive ketones (excluding diaryl/α,β-unsaturated/α-hetero) is 1. The molecular formula is C10H15NOS. The third-order valence-electron chi connectivity index (χ3n) is 1.93. The second-order valence-electron chi connectivity index (χ2n) is 2.89. The van der Waals surface area contributed by atoms with Crippen molar-refractivity contribution in [3.63, 3.8) is 0 Å². The molecule has 0 bridgehead atoms. The minimum atomic E-state index is 0.231. The molecule has 0 radical (unpaired) electrons. The van der Waals surface area contributed by atoms with Gasteiger partial charge in [0.15, 0.2) is 5.78 Å². The summed E-state index contributed by atoms with van der Waals surface area (Å²) < 4.78 is 0. The summed E-state index contributed by atoms with van der Waals surface area (Å²) in [5, 5.41) is 1.02. The number of hydrogen-bond donors (Lipinski definition) is 1. The molecule has 0 spiro atoms. The smallest absolute Gasteiger partial charge is 0.165 e. The molecule has 0 aromatic carbocycles. The van der Waals surface area contributed by atoms with Gasteiger partial charge in [-0.15, -0.1) is 11.8 Å². The van der Waals surface area contributed by atoms with Gasteiger partial charge in [-0.25, -0.2) is 0 Å². The van der Waals surface area contributed by atoms with Crippen LogP contribution in [0.25, 0.3) is 0 Å². The normalized spacial score (nSPS) is 10.4. The van der Waals surface area contributed by atoms with E-state index in [1.54, 1.807) is 11.8 Å². The van der Waals surface area contributed by atoms with E-state index < -0.39 is 0 Å². The second kappa shape index (κ2) is 4.51. The molecule has 1 heterocycles. The van der Waals surface area contributed by atoms with Gasteiger partial charge in [0.1, 0.15) is 0 Å². The average molecular weight is 197 g/mol. The number of aromatic amines is 1. The largest absolute Gasteiger partial charge is 0.356 e. The Morgan fingerprint density at radius 2 is 2.23 bits per heavy atom. The van der Waals surface area contributed by atoms with Crippen LogP contribution < -0.4 is 0 Å². The molecule has 0 fully saturated rings. The van der Waals surface area contributed by atoms with Crippen LogP contribution in [0, 0.1) is 6.92 Å². The Kier molecular flexibility index (Phi) is 3.60. The first-order valence-corrected chi connectivity index (χ1v) is 5.53. The van der Waals surface area contributed by atoms with E-state index in [-0.39, 0.29) is 5.78 Å². The Morgan fingerprint density at radius 1 is 1.54 bits per heavy atom. The first-order valence-electron chi connectivity index (χ1n) is 4.54. The summed E-state index contributed by atoms with van der Waals surface area (Å²) >= 11 is 1.69. The average Bonchev–Trinajstić information content (AvgIpc) is 2.47. The van der Waals surface area contributed by atoms with Gasteiger partial charge in [-0.05, 0) is 18.2 Å². The van der Waals surface area contributed by atoms with Crippen molar-refractivity contribution in [1.29, 1.82) is 0 Å². The van der Waals surface area contributed by atoms with Gasteiger partial charge >= 0.3 is 0 Å². The minimum Gasteiger partial charge on any atom is -0.356 e. The summed E-state index contributed by atoms with van der Waals surface area (Å²) in [5.74, 6) is 1.22. The van der Waals surface area contributed by atoms with Crippen molar-refractivity contribution in [2.75, 3.05) is 5.75 Å². The van der Waals surface area contributed by atoms with Crippen molar-refractivity contribution in [3.8, 4) is 0 Å². The van der Waals surface area contributed by atoms with E-state index in [2.05, 4.69) is 11.9 Å². The van der Waals surface area contributed by atoms with E-state index in [1.165, 1.54) is 0 Å². The van der Waals surface area contributed by atoms with Crippen molar-refractivity contribution in [2.45, 2.75) is 32.2 Å². The third kappa shape index (κ3) is 2.15.